The highest BCUT2D eigenvalue weighted by Gasteiger charge is 2.35. The van der Waals surface area contributed by atoms with E-state index in [1.165, 1.54) is 6.07 Å². The van der Waals surface area contributed by atoms with E-state index in [2.05, 4.69) is 5.32 Å². The first kappa shape index (κ1) is 18.6. The fraction of sp³-hybridized carbons (Fsp3) is 0.188. The van der Waals surface area contributed by atoms with Gasteiger partial charge in [0.05, 0.1) is 11.1 Å². The third kappa shape index (κ3) is 4.43. The van der Waals surface area contributed by atoms with E-state index < -0.39 is 41.2 Å². The predicted molar refractivity (Wildman–Crippen MR) is 76.9 cm³/mol. The van der Waals surface area contributed by atoms with E-state index >= 15 is 0 Å². The summed E-state index contributed by atoms with van der Waals surface area (Å²) in [5, 5.41) is 11.4. The van der Waals surface area contributed by atoms with Crippen LogP contribution in [-0.2, 0) is 17.1 Å². The van der Waals surface area contributed by atoms with Gasteiger partial charge in [0.2, 0.25) is 0 Å². The smallest absolute Gasteiger partial charge is 0.418 e. The van der Waals surface area contributed by atoms with Crippen molar-refractivity contribution in [2.24, 2.45) is 0 Å². The first-order valence-electron chi connectivity index (χ1n) is 6.83. The first-order valence-corrected chi connectivity index (χ1v) is 6.83. The highest BCUT2D eigenvalue weighted by molar-refractivity contribution is 5.80. The van der Waals surface area contributed by atoms with Crippen LogP contribution in [0, 0.1) is 0 Å². The Morgan fingerprint density at radius 1 is 0.920 bits per heavy atom. The van der Waals surface area contributed by atoms with Crippen molar-refractivity contribution in [1.29, 1.82) is 0 Å². The largest absolute Gasteiger partial charge is 0.479 e. The molecular weight excluding hydrogens is 352 g/mol. The molecule has 2 rings (SSSR count). The topological polar surface area (TPSA) is 49.3 Å². The maximum absolute atomic E-state index is 13.0. The zero-order valence-corrected chi connectivity index (χ0v) is 12.3. The zero-order valence-electron chi connectivity index (χ0n) is 12.3. The normalized spacial score (nSPS) is 13.4. The summed E-state index contributed by atoms with van der Waals surface area (Å²) in [6.45, 7) is 0. The lowest BCUT2D eigenvalue weighted by molar-refractivity contribution is -0.140. The summed E-state index contributed by atoms with van der Waals surface area (Å²) in [6.07, 6.45) is -9.45. The van der Waals surface area contributed by atoms with Crippen LogP contribution in [0.25, 0.3) is 0 Å². The Morgan fingerprint density at radius 3 is 2.12 bits per heavy atom. The van der Waals surface area contributed by atoms with E-state index in [0.717, 1.165) is 36.4 Å². The molecule has 1 unspecified atom stereocenters. The Morgan fingerprint density at radius 2 is 1.56 bits per heavy atom. The van der Waals surface area contributed by atoms with Crippen molar-refractivity contribution in [3.8, 4) is 0 Å². The molecule has 3 nitrogen and oxygen atoms in total. The summed E-state index contributed by atoms with van der Waals surface area (Å²) < 4.78 is 77.2. The number of benzene rings is 2. The summed E-state index contributed by atoms with van der Waals surface area (Å²) in [6, 6.07) is 5.75. The third-order valence-corrected chi connectivity index (χ3v) is 3.33. The molecule has 0 fully saturated rings. The van der Waals surface area contributed by atoms with Gasteiger partial charge in [-0.15, -0.1) is 0 Å². The quantitative estimate of drug-likeness (QED) is 0.755. The summed E-state index contributed by atoms with van der Waals surface area (Å²) in [5.74, 6) is -1.61. The molecule has 2 aromatic rings. The van der Waals surface area contributed by atoms with Crippen molar-refractivity contribution in [3.63, 3.8) is 0 Å². The van der Waals surface area contributed by atoms with Gasteiger partial charge in [-0.1, -0.05) is 24.3 Å². The molecule has 2 aromatic carbocycles. The van der Waals surface area contributed by atoms with Crippen molar-refractivity contribution in [1.82, 2.24) is 0 Å². The van der Waals surface area contributed by atoms with E-state index in [-0.39, 0.29) is 5.56 Å². The minimum atomic E-state index is -4.75. The van der Waals surface area contributed by atoms with Crippen molar-refractivity contribution in [2.75, 3.05) is 5.32 Å². The van der Waals surface area contributed by atoms with Crippen molar-refractivity contribution >= 4 is 11.7 Å². The van der Waals surface area contributed by atoms with E-state index in [0.29, 0.717) is 6.07 Å². The minimum Gasteiger partial charge on any atom is -0.479 e. The molecule has 1 atom stereocenters. The molecule has 0 radical (unpaired) electrons. The molecule has 25 heavy (non-hydrogen) atoms. The first-order chi connectivity index (χ1) is 11.5. The number of aliphatic carboxylic acids is 1. The third-order valence-electron chi connectivity index (χ3n) is 3.33. The predicted octanol–water partition coefficient (Wildman–Crippen LogP) is 4.96. The molecule has 134 valence electrons. The summed E-state index contributed by atoms with van der Waals surface area (Å²) in [5.41, 5.74) is -3.07. The molecule has 0 heterocycles. The molecule has 0 saturated heterocycles. The van der Waals surface area contributed by atoms with Gasteiger partial charge in [0.25, 0.3) is 0 Å². The molecule has 0 aliphatic rings. The fourth-order valence-corrected chi connectivity index (χ4v) is 2.19. The Hall–Kier alpha value is -2.71. The minimum absolute atomic E-state index is 0.320. The second-order valence-electron chi connectivity index (χ2n) is 5.08. The number of hydrogen-bond donors (Lipinski definition) is 2. The Balaban J connectivity index is 2.44. The number of hydrogen-bond acceptors (Lipinski definition) is 2. The molecule has 0 aliphatic carbocycles. The van der Waals surface area contributed by atoms with Gasteiger partial charge in [-0.05, 0) is 29.8 Å². The van der Waals surface area contributed by atoms with Crippen LogP contribution < -0.4 is 5.32 Å². The molecule has 9 heteroatoms. The number of halogens is 6. The number of para-hydroxylation sites is 1. The van der Waals surface area contributed by atoms with Crippen molar-refractivity contribution < 1.29 is 36.2 Å². The highest BCUT2D eigenvalue weighted by Crippen LogP contribution is 2.37. The van der Waals surface area contributed by atoms with Crippen LogP contribution in [0.4, 0.5) is 32.0 Å². The number of carboxylic acid groups (broad SMARTS) is 1. The standard InChI is InChI=1S/C16H11F6NO2/c17-15(18,19)10-5-3-4-9(8-10)13(14(24)25)23-12-7-2-1-6-11(12)16(20,21)22/h1-8,13,23H,(H,24,25). The van der Waals surface area contributed by atoms with Gasteiger partial charge in [-0.3, -0.25) is 0 Å². The molecule has 2 N–H and O–H groups in total. The van der Waals surface area contributed by atoms with Crippen LogP contribution >= 0.6 is 0 Å². The fourth-order valence-electron chi connectivity index (χ4n) is 2.19. The zero-order chi connectivity index (χ0) is 18.8. The number of anilines is 1. The summed E-state index contributed by atoms with van der Waals surface area (Å²) in [4.78, 5) is 11.4. The van der Waals surface area contributed by atoms with Crippen LogP contribution in [0.3, 0.4) is 0 Å². The maximum atomic E-state index is 13.0. The van der Waals surface area contributed by atoms with Gasteiger partial charge in [-0.25, -0.2) is 4.79 Å². The number of rotatable bonds is 4. The average molecular weight is 363 g/mol. The number of carbonyl (C=O) groups is 1. The molecule has 0 spiro atoms. The number of carboxylic acids is 1. The molecule has 0 amide bonds. The van der Waals surface area contributed by atoms with Gasteiger partial charge in [0.15, 0.2) is 6.04 Å². The lowest BCUT2D eigenvalue weighted by Crippen LogP contribution is -2.23. The van der Waals surface area contributed by atoms with Crippen LogP contribution in [0.2, 0.25) is 0 Å². The molecule has 0 bridgehead atoms. The van der Waals surface area contributed by atoms with Crippen LogP contribution in [0.5, 0.6) is 0 Å². The molecule has 0 aromatic heterocycles. The SMILES string of the molecule is O=C(O)C(Nc1ccccc1C(F)(F)F)c1cccc(C(F)(F)F)c1. The van der Waals surface area contributed by atoms with Crippen molar-refractivity contribution in [2.45, 2.75) is 18.4 Å². The second kappa shape index (κ2) is 6.66. The number of nitrogens with one attached hydrogen (secondary N) is 1. The summed E-state index contributed by atoms with van der Waals surface area (Å²) >= 11 is 0. The van der Waals surface area contributed by atoms with E-state index in [1.807, 2.05) is 0 Å². The average Bonchev–Trinajstić information content (AvgIpc) is 2.51. The maximum Gasteiger partial charge on any atom is 0.418 e. The van der Waals surface area contributed by atoms with Crippen LogP contribution in [0.1, 0.15) is 22.7 Å². The Bertz CT molecular complexity index is 770. The van der Waals surface area contributed by atoms with E-state index in [1.54, 1.807) is 0 Å². The van der Waals surface area contributed by atoms with Gasteiger partial charge in [0.1, 0.15) is 0 Å². The van der Waals surface area contributed by atoms with Gasteiger partial charge >= 0.3 is 18.3 Å². The summed E-state index contributed by atoms with van der Waals surface area (Å²) in [7, 11) is 0. The van der Waals surface area contributed by atoms with Gasteiger partial charge < -0.3 is 10.4 Å². The van der Waals surface area contributed by atoms with Crippen LogP contribution in [0.15, 0.2) is 48.5 Å². The Kier molecular flexibility index (Phi) is 4.96. The lowest BCUT2D eigenvalue weighted by Gasteiger charge is -2.20. The van der Waals surface area contributed by atoms with Gasteiger partial charge in [0, 0.05) is 5.69 Å². The van der Waals surface area contributed by atoms with E-state index in [4.69, 9.17) is 0 Å². The Labute approximate surface area is 137 Å². The second-order valence-corrected chi connectivity index (χ2v) is 5.08. The van der Waals surface area contributed by atoms with Gasteiger partial charge in [-0.2, -0.15) is 26.3 Å². The number of alkyl halides is 6. The highest BCUT2D eigenvalue weighted by atomic mass is 19.4. The van der Waals surface area contributed by atoms with Crippen molar-refractivity contribution in [3.05, 3.63) is 65.2 Å². The van der Waals surface area contributed by atoms with E-state index in [9.17, 15) is 36.2 Å². The lowest BCUT2D eigenvalue weighted by atomic mass is 10.0. The monoisotopic (exact) mass is 363 g/mol. The molecular formula is C16H11F6NO2. The van der Waals surface area contributed by atoms with Crippen LogP contribution in [-0.4, -0.2) is 11.1 Å². The molecule has 0 aliphatic heterocycles. The molecule has 0 saturated carbocycles.